The Morgan fingerprint density at radius 2 is 1.46 bits per heavy atom. The molecule has 0 radical (unpaired) electrons. The highest BCUT2D eigenvalue weighted by Gasteiger charge is 2.47. The number of carbonyl (C=O) groups excluding carboxylic acids is 4. The fourth-order valence-corrected chi connectivity index (χ4v) is 8.00. The Hall–Kier alpha value is -6.15. The lowest BCUT2D eigenvalue weighted by Crippen LogP contribution is -2.59. The van der Waals surface area contributed by atoms with Crippen molar-refractivity contribution in [1.82, 2.24) is 35.3 Å². The second-order valence-electron chi connectivity index (χ2n) is 18.0. The number of hydrogen-bond acceptors (Lipinski definition) is 8. The van der Waals surface area contributed by atoms with Crippen LogP contribution in [0.15, 0.2) is 97.2 Å². The average Bonchev–Trinajstić information content (AvgIpc) is 3.45. The van der Waals surface area contributed by atoms with E-state index < -0.39 is 70.9 Å². The lowest BCUT2D eigenvalue weighted by atomic mass is 9.84. The summed E-state index contributed by atoms with van der Waals surface area (Å²) in [6, 6.07) is 23.7. The van der Waals surface area contributed by atoms with Gasteiger partial charge in [0.25, 0.3) is 5.91 Å². The molecule has 14 heteroatoms. The van der Waals surface area contributed by atoms with Gasteiger partial charge in [-0.3, -0.25) is 34.2 Å². The van der Waals surface area contributed by atoms with Crippen molar-refractivity contribution in [3.63, 3.8) is 0 Å². The average molecular weight is 834 g/mol. The van der Waals surface area contributed by atoms with Gasteiger partial charge < -0.3 is 25.7 Å². The monoisotopic (exact) mass is 833 g/mol. The highest BCUT2D eigenvalue weighted by molar-refractivity contribution is 6.04. The number of urea groups is 1. The molecule has 4 N–H and O–H groups in total. The normalized spacial score (nSPS) is 15.8. The van der Waals surface area contributed by atoms with Crippen molar-refractivity contribution in [3.05, 3.63) is 120 Å². The van der Waals surface area contributed by atoms with Gasteiger partial charge in [0.15, 0.2) is 0 Å². The summed E-state index contributed by atoms with van der Waals surface area (Å²) in [5.74, 6) is -1.52. The van der Waals surface area contributed by atoms with Gasteiger partial charge in [0.1, 0.15) is 18.6 Å². The molecule has 2 aromatic heterocycles. The second-order valence-corrected chi connectivity index (χ2v) is 18.0. The number of amides is 6. The van der Waals surface area contributed by atoms with Crippen molar-refractivity contribution in [2.45, 2.75) is 105 Å². The number of carbonyl (C=O) groups is 5. The Labute approximate surface area is 358 Å². The first-order valence-corrected chi connectivity index (χ1v) is 20.5. The Morgan fingerprint density at radius 3 is 2.05 bits per heavy atom. The Balaban J connectivity index is 1.44. The van der Waals surface area contributed by atoms with Crippen LogP contribution in [0, 0.1) is 17.8 Å². The van der Waals surface area contributed by atoms with Crippen LogP contribution in [0.1, 0.15) is 70.5 Å². The SMILES string of the molecule is Cc1cccc(CN2C(=O)CN([C@H](C(=O)N[C@@H](Cc3ccccc3)C[C@H](O)[C@H](Cc3ccc(-c4ccccn4)cc3)NC(=O)[C@@H](N(C)C(=O)O)C(C)(C)C)C(C)(C)C)C2=O)n1. The van der Waals surface area contributed by atoms with Gasteiger partial charge in [0, 0.05) is 30.5 Å². The minimum atomic E-state index is -1.27. The third-order valence-corrected chi connectivity index (χ3v) is 10.8. The lowest BCUT2D eigenvalue weighted by Gasteiger charge is -2.38. The Kier molecular flexibility index (Phi) is 14.7. The van der Waals surface area contributed by atoms with Crippen LogP contribution >= 0.6 is 0 Å². The number of nitrogens with one attached hydrogen (secondary N) is 2. The van der Waals surface area contributed by atoms with Gasteiger partial charge in [-0.05, 0) is 72.4 Å². The number of aromatic nitrogens is 2. The van der Waals surface area contributed by atoms with E-state index in [0.717, 1.165) is 37.9 Å². The molecule has 0 saturated carbocycles. The molecule has 4 aromatic rings. The van der Waals surface area contributed by atoms with Crippen LogP contribution in [0.4, 0.5) is 9.59 Å². The largest absolute Gasteiger partial charge is 0.465 e. The predicted molar refractivity (Wildman–Crippen MR) is 232 cm³/mol. The molecule has 2 aromatic carbocycles. The van der Waals surface area contributed by atoms with Crippen molar-refractivity contribution in [2.24, 2.45) is 10.8 Å². The summed E-state index contributed by atoms with van der Waals surface area (Å²) < 4.78 is 0. The van der Waals surface area contributed by atoms with E-state index in [-0.39, 0.29) is 25.9 Å². The third-order valence-electron chi connectivity index (χ3n) is 10.8. The van der Waals surface area contributed by atoms with Gasteiger partial charge in [-0.25, -0.2) is 9.59 Å². The highest BCUT2D eigenvalue weighted by Crippen LogP contribution is 2.30. The molecule has 61 heavy (non-hydrogen) atoms. The molecule has 5 rings (SSSR count). The minimum Gasteiger partial charge on any atom is -0.465 e. The first-order chi connectivity index (χ1) is 28.7. The van der Waals surface area contributed by atoms with E-state index in [9.17, 15) is 34.2 Å². The quantitative estimate of drug-likeness (QED) is 0.100. The van der Waals surface area contributed by atoms with Gasteiger partial charge in [0.05, 0.1) is 30.1 Å². The first kappa shape index (κ1) is 45.9. The smallest absolute Gasteiger partial charge is 0.407 e. The molecular formula is C47H59N7O7. The van der Waals surface area contributed by atoms with Crippen LogP contribution in [-0.4, -0.2) is 109 Å². The van der Waals surface area contributed by atoms with E-state index in [1.165, 1.54) is 11.9 Å². The predicted octanol–water partition coefficient (Wildman–Crippen LogP) is 5.86. The molecule has 1 aliphatic rings. The molecule has 6 amide bonds. The molecule has 14 nitrogen and oxygen atoms in total. The molecule has 0 aliphatic carbocycles. The van der Waals surface area contributed by atoms with E-state index in [2.05, 4.69) is 20.6 Å². The van der Waals surface area contributed by atoms with Crippen LogP contribution < -0.4 is 10.6 Å². The van der Waals surface area contributed by atoms with Gasteiger partial charge in [-0.1, -0.05) is 108 Å². The van der Waals surface area contributed by atoms with Crippen LogP contribution in [-0.2, 0) is 33.8 Å². The number of aliphatic hydroxyl groups excluding tert-OH is 1. The van der Waals surface area contributed by atoms with Gasteiger partial charge in [0.2, 0.25) is 11.8 Å². The second kappa shape index (κ2) is 19.5. The summed E-state index contributed by atoms with van der Waals surface area (Å²) >= 11 is 0. The fourth-order valence-electron chi connectivity index (χ4n) is 8.00. The van der Waals surface area contributed by atoms with Crippen LogP contribution in [0.2, 0.25) is 0 Å². The molecule has 3 heterocycles. The zero-order valence-electron chi connectivity index (χ0n) is 36.3. The van der Waals surface area contributed by atoms with E-state index in [0.29, 0.717) is 12.1 Å². The van der Waals surface area contributed by atoms with Gasteiger partial charge >= 0.3 is 12.1 Å². The van der Waals surface area contributed by atoms with Crippen LogP contribution in [0.25, 0.3) is 11.3 Å². The van der Waals surface area contributed by atoms with Crippen molar-refractivity contribution in [2.75, 3.05) is 13.6 Å². The lowest BCUT2D eigenvalue weighted by molar-refractivity contribution is -0.132. The van der Waals surface area contributed by atoms with E-state index in [4.69, 9.17) is 0 Å². The molecule has 1 saturated heterocycles. The molecular weight excluding hydrogens is 775 g/mol. The molecule has 1 fully saturated rings. The van der Waals surface area contributed by atoms with Crippen LogP contribution in [0.3, 0.4) is 0 Å². The van der Waals surface area contributed by atoms with Gasteiger partial charge in [-0.15, -0.1) is 0 Å². The van der Waals surface area contributed by atoms with Gasteiger partial charge in [-0.2, -0.15) is 0 Å². The summed E-state index contributed by atoms with van der Waals surface area (Å²) in [4.78, 5) is 80.4. The summed E-state index contributed by atoms with van der Waals surface area (Å²) in [6.45, 7) is 12.3. The van der Waals surface area contributed by atoms with E-state index in [1.807, 2.05) is 107 Å². The van der Waals surface area contributed by atoms with Crippen molar-refractivity contribution >= 4 is 29.8 Å². The number of aryl methyl sites for hydroxylation is 1. The van der Waals surface area contributed by atoms with E-state index >= 15 is 0 Å². The maximum atomic E-state index is 14.6. The Bertz CT molecular complexity index is 2150. The van der Waals surface area contributed by atoms with E-state index in [1.54, 1.807) is 39.1 Å². The number of pyridine rings is 2. The number of carboxylic acid groups (broad SMARTS) is 1. The summed E-state index contributed by atoms with van der Waals surface area (Å²) in [5, 5.41) is 28.2. The van der Waals surface area contributed by atoms with Crippen molar-refractivity contribution in [1.29, 1.82) is 0 Å². The van der Waals surface area contributed by atoms with Crippen molar-refractivity contribution < 1.29 is 34.2 Å². The minimum absolute atomic E-state index is 0.0263. The number of benzene rings is 2. The number of likely N-dealkylation sites (N-methyl/N-ethyl adjacent to an activating group) is 1. The molecule has 324 valence electrons. The maximum Gasteiger partial charge on any atom is 0.407 e. The third kappa shape index (κ3) is 12.0. The first-order valence-electron chi connectivity index (χ1n) is 20.5. The summed E-state index contributed by atoms with van der Waals surface area (Å²) in [7, 11) is 1.34. The summed E-state index contributed by atoms with van der Waals surface area (Å²) in [6.07, 6.45) is -0.364. The molecule has 0 bridgehead atoms. The number of rotatable bonds is 16. The molecule has 0 unspecified atom stereocenters. The highest BCUT2D eigenvalue weighted by atomic mass is 16.4. The maximum absolute atomic E-state index is 14.6. The summed E-state index contributed by atoms with van der Waals surface area (Å²) in [5.41, 5.74) is 3.01. The number of imide groups is 1. The zero-order chi connectivity index (χ0) is 44.6. The fraction of sp³-hybridized carbons (Fsp3) is 0.426. The van der Waals surface area contributed by atoms with Crippen LogP contribution in [0.5, 0.6) is 0 Å². The number of hydrogen-bond donors (Lipinski definition) is 4. The molecule has 5 atom stereocenters. The number of nitrogens with zero attached hydrogens (tertiary/aromatic N) is 5. The molecule has 1 aliphatic heterocycles. The Morgan fingerprint density at radius 1 is 0.803 bits per heavy atom. The van der Waals surface area contributed by atoms with Crippen molar-refractivity contribution in [3.8, 4) is 11.3 Å². The standard InChI is InChI=1S/C47H59N7O7/c1-30-15-14-18-34(49-30)28-53-39(56)29-54(44(53)59)41(47(5,6)7)43(58)50-35(25-31-16-10-9-11-17-31)27-38(55)37(51-42(57)40(46(2,3)4)52(8)45(60)61)26-32-20-22-33(23-21-32)36-19-12-13-24-48-36/h9-24,35,37-38,40-41,55H,25-29H2,1-8H3,(H,50,58)(H,51,57)(H,60,61)/t35-,37-,38-,40+,41+/m0/s1. The topological polar surface area (TPSA) is 185 Å². The zero-order valence-corrected chi connectivity index (χ0v) is 36.3. The molecule has 0 spiro atoms. The number of aliphatic hydroxyl groups is 1.